The smallest absolute Gasteiger partial charge is 0.163 e. The summed E-state index contributed by atoms with van der Waals surface area (Å²) in [5.41, 5.74) is 3.23. The maximum Gasteiger partial charge on any atom is 0.163 e. The summed E-state index contributed by atoms with van der Waals surface area (Å²) >= 11 is 0. The molecule has 0 aromatic heterocycles. The highest BCUT2D eigenvalue weighted by atomic mass is 16.5. The van der Waals surface area contributed by atoms with Gasteiger partial charge in [0.15, 0.2) is 11.5 Å². The van der Waals surface area contributed by atoms with Crippen LogP contribution in [-0.2, 0) is 6.42 Å². The zero-order chi connectivity index (χ0) is 13.1. The highest BCUT2D eigenvalue weighted by molar-refractivity contribution is 5.54. The molecule has 1 aromatic rings. The van der Waals surface area contributed by atoms with Crippen molar-refractivity contribution >= 4 is 0 Å². The van der Waals surface area contributed by atoms with E-state index in [9.17, 15) is 5.11 Å². The third-order valence-electron chi connectivity index (χ3n) is 3.88. The van der Waals surface area contributed by atoms with Crippen molar-refractivity contribution in [2.75, 3.05) is 13.7 Å². The Bertz CT molecular complexity index is 423. The molecular formula is C15H23NO2. The lowest BCUT2D eigenvalue weighted by Gasteiger charge is -2.25. The second-order valence-corrected chi connectivity index (χ2v) is 5.21. The van der Waals surface area contributed by atoms with Crippen LogP contribution in [-0.4, -0.2) is 24.8 Å². The van der Waals surface area contributed by atoms with Crippen molar-refractivity contribution in [1.82, 2.24) is 5.32 Å². The van der Waals surface area contributed by atoms with Crippen LogP contribution in [0.15, 0.2) is 6.07 Å². The molecule has 0 saturated carbocycles. The Labute approximate surface area is 109 Å². The highest BCUT2D eigenvalue weighted by Gasteiger charge is 2.18. The molecular weight excluding hydrogens is 226 g/mol. The molecule has 2 rings (SSSR count). The van der Waals surface area contributed by atoms with Crippen LogP contribution < -0.4 is 10.1 Å². The van der Waals surface area contributed by atoms with Crippen molar-refractivity contribution < 1.29 is 9.84 Å². The molecule has 1 unspecified atom stereocenters. The Morgan fingerprint density at radius 2 is 2.17 bits per heavy atom. The fourth-order valence-electron chi connectivity index (χ4n) is 2.77. The van der Waals surface area contributed by atoms with Crippen LogP contribution in [0, 0.1) is 13.8 Å². The van der Waals surface area contributed by atoms with Gasteiger partial charge in [-0.2, -0.15) is 0 Å². The van der Waals surface area contributed by atoms with Crippen LogP contribution in [0.3, 0.4) is 0 Å². The summed E-state index contributed by atoms with van der Waals surface area (Å²) in [6, 6.07) is 2.65. The van der Waals surface area contributed by atoms with Gasteiger partial charge in [0.05, 0.1) is 7.11 Å². The van der Waals surface area contributed by atoms with E-state index in [2.05, 4.69) is 11.4 Å². The van der Waals surface area contributed by atoms with Gasteiger partial charge in [-0.15, -0.1) is 0 Å². The fraction of sp³-hybridized carbons (Fsp3) is 0.600. The first-order valence-corrected chi connectivity index (χ1v) is 6.73. The average molecular weight is 249 g/mol. The van der Waals surface area contributed by atoms with Gasteiger partial charge >= 0.3 is 0 Å². The molecule has 0 spiro atoms. The van der Waals surface area contributed by atoms with Crippen LogP contribution in [0.25, 0.3) is 0 Å². The Balaban J connectivity index is 2.24. The van der Waals surface area contributed by atoms with Crippen molar-refractivity contribution in [2.24, 2.45) is 0 Å². The minimum atomic E-state index is 0.273. The number of piperidine rings is 1. The summed E-state index contributed by atoms with van der Waals surface area (Å²) < 4.78 is 5.32. The minimum Gasteiger partial charge on any atom is -0.504 e. The van der Waals surface area contributed by atoms with E-state index >= 15 is 0 Å². The summed E-state index contributed by atoms with van der Waals surface area (Å²) in [7, 11) is 1.62. The summed E-state index contributed by atoms with van der Waals surface area (Å²) in [6.07, 6.45) is 4.85. The van der Waals surface area contributed by atoms with Crippen molar-refractivity contribution in [3.63, 3.8) is 0 Å². The number of hydrogen-bond donors (Lipinski definition) is 2. The van der Waals surface area contributed by atoms with Gasteiger partial charge in [0.25, 0.3) is 0 Å². The van der Waals surface area contributed by atoms with E-state index in [-0.39, 0.29) is 5.75 Å². The molecule has 3 heteroatoms. The van der Waals surface area contributed by atoms with Crippen LogP contribution in [0.1, 0.15) is 36.0 Å². The molecule has 1 atom stereocenters. The Morgan fingerprint density at radius 3 is 2.78 bits per heavy atom. The molecule has 0 amide bonds. The summed E-state index contributed by atoms with van der Waals surface area (Å²) in [5, 5.41) is 13.5. The first-order chi connectivity index (χ1) is 8.63. The Hall–Kier alpha value is -1.22. The van der Waals surface area contributed by atoms with Gasteiger partial charge in [0, 0.05) is 6.04 Å². The number of aromatic hydroxyl groups is 1. The zero-order valence-electron chi connectivity index (χ0n) is 11.5. The molecule has 1 aliphatic heterocycles. The maximum absolute atomic E-state index is 9.97. The lowest BCUT2D eigenvalue weighted by atomic mass is 9.93. The molecule has 1 fully saturated rings. The van der Waals surface area contributed by atoms with Gasteiger partial charge in [0.2, 0.25) is 0 Å². The molecule has 0 bridgehead atoms. The number of ether oxygens (including phenoxy) is 1. The van der Waals surface area contributed by atoms with E-state index in [1.54, 1.807) is 7.11 Å². The largest absolute Gasteiger partial charge is 0.504 e. The van der Waals surface area contributed by atoms with Crippen molar-refractivity contribution in [1.29, 1.82) is 0 Å². The SMILES string of the molecule is COc1c(C)c(CC2CCCCN2)cc(C)c1O. The van der Waals surface area contributed by atoms with Gasteiger partial charge in [-0.25, -0.2) is 0 Å². The second kappa shape index (κ2) is 5.61. The second-order valence-electron chi connectivity index (χ2n) is 5.21. The maximum atomic E-state index is 9.97. The van der Waals surface area contributed by atoms with Gasteiger partial charge in [-0.05, 0) is 56.3 Å². The summed E-state index contributed by atoms with van der Waals surface area (Å²) in [5.74, 6) is 0.899. The third-order valence-corrected chi connectivity index (χ3v) is 3.88. The van der Waals surface area contributed by atoms with Crippen molar-refractivity contribution in [2.45, 2.75) is 45.6 Å². The first-order valence-electron chi connectivity index (χ1n) is 6.73. The zero-order valence-corrected chi connectivity index (χ0v) is 11.5. The number of hydrogen-bond acceptors (Lipinski definition) is 3. The normalized spacial score (nSPS) is 19.8. The first kappa shape index (κ1) is 13.2. The van der Waals surface area contributed by atoms with Crippen molar-refractivity contribution in [3.05, 3.63) is 22.8 Å². The molecule has 3 nitrogen and oxygen atoms in total. The van der Waals surface area contributed by atoms with Gasteiger partial charge < -0.3 is 15.2 Å². The van der Waals surface area contributed by atoms with Crippen LogP contribution in [0.5, 0.6) is 11.5 Å². The molecule has 1 saturated heterocycles. The van der Waals surface area contributed by atoms with Crippen LogP contribution in [0.4, 0.5) is 0 Å². The van der Waals surface area contributed by atoms with E-state index in [1.807, 2.05) is 13.8 Å². The lowest BCUT2D eigenvalue weighted by molar-refractivity contribution is 0.366. The van der Waals surface area contributed by atoms with E-state index in [0.29, 0.717) is 11.8 Å². The fourth-order valence-corrected chi connectivity index (χ4v) is 2.77. The number of methoxy groups -OCH3 is 1. The molecule has 1 heterocycles. The average Bonchev–Trinajstić information content (AvgIpc) is 2.38. The Kier molecular flexibility index (Phi) is 4.12. The molecule has 0 radical (unpaired) electrons. The number of phenolic OH excluding ortho intramolecular Hbond substituents is 1. The highest BCUT2D eigenvalue weighted by Crippen LogP contribution is 2.36. The van der Waals surface area contributed by atoms with Gasteiger partial charge in [0.1, 0.15) is 0 Å². The quantitative estimate of drug-likeness (QED) is 0.865. The predicted octanol–water partition coefficient (Wildman–Crippen LogP) is 2.70. The lowest BCUT2D eigenvalue weighted by Crippen LogP contribution is -2.35. The monoisotopic (exact) mass is 249 g/mol. The van der Waals surface area contributed by atoms with Gasteiger partial charge in [-0.3, -0.25) is 0 Å². The molecule has 2 N–H and O–H groups in total. The molecule has 100 valence electrons. The third kappa shape index (κ3) is 2.61. The molecule has 1 aliphatic rings. The molecule has 18 heavy (non-hydrogen) atoms. The molecule has 0 aliphatic carbocycles. The predicted molar refractivity (Wildman–Crippen MR) is 73.5 cm³/mol. The van der Waals surface area contributed by atoms with E-state index in [1.165, 1.54) is 24.8 Å². The summed E-state index contributed by atoms with van der Waals surface area (Å²) in [6.45, 7) is 5.07. The number of phenols is 1. The number of rotatable bonds is 3. The van der Waals surface area contributed by atoms with Crippen LogP contribution in [0.2, 0.25) is 0 Å². The molecule has 1 aromatic carbocycles. The number of aryl methyl sites for hydroxylation is 1. The summed E-state index contributed by atoms with van der Waals surface area (Å²) in [4.78, 5) is 0. The minimum absolute atomic E-state index is 0.273. The number of benzene rings is 1. The van der Waals surface area contributed by atoms with Gasteiger partial charge in [-0.1, -0.05) is 12.5 Å². The van der Waals surface area contributed by atoms with E-state index in [4.69, 9.17) is 4.74 Å². The standard InChI is InChI=1S/C15H23NO2/c1-10-8-12(9-13-6-4-5-7-16-13)11(2)15(18-3)14(10)17/h8,13,16-17H,4-7,9H2,1-3H3. The number of nitrogens with one attached hydrogen (secondary N) is 1. The van der Waals surface area contributed by atoms with E-state index < -0.39 is 0 Å². The van der Waals surface area contributed by atoms with Crippen LogP contribution >= 0.6 is 0 Å². The topological polar surface area (TPSA) is 41.5 Å². The van der Waals surface area contributed by atoms with Crippen molar-refractivity contribution in [3.8, 4) is 11.5 Å². The Morgan fingerprint density at radius 1 is 1.39 bits per heavy atom. The van der Waals surface area contributed by atoms with E-state index in [0.717, 1.165) is 24.1 Å².